The molecule has 0 spiro atoms. The molecule has 1 aromatic heterocycles. The Morgan fingerprint density at radius 2 is 2.00 bits per heavy atom. The van der Waals surface area contributed by atoms with Crippen molar-refractivity contribution in [1.29, 1.82) is 0 Å². The van der Waals surface area contributed by atoms with Crippen LogP contribution in [-0.2, 0) is 20.1 Å². The fourth-order valence-corrected chi connectivity index (χ4v) is 15.1. The molecule has 1 aromatic carbocycles. The van der Waals surface area contributed by atoms with Crippen LogP contribution < -0.4 is 5.32 Å². The van der Waals surface area contributed by atoms with Gasteiger partial charge in [-0.25, -0.2) is 0 Å². The molecule has 3 fully saturated rings. The first-order chi connectivity index (χ1) is 20.0. The number of ether oxygens (including phenoxy) is 1. The second-order valence-corrected chi connectivity index (χ2v) is 19.2. The predicted octanol–water partition coefficient (Wildman–Crippen LogP) is 6.16. The zero-order valence-corrected chi connectivity index (χ0v) is 26.5. The zero-order valence-electron chi connectivity index (χ0n) is 24.4. The summed E-state index contributed by atoms with van der Waals surface area (Å²) >= 11 is -1.31. The summed E-state index contributed by atoms with van der Waals surface area (Å²) < 4.78 is 49.0. The van der Waals surface area contributed by atoms with E-state index in [2.05, 4.69) is 28.2 Å². The van der Waals surface area contributed by atoms with E-state index >= 15 is 0 Å². The number of aromatic nitrogens is 1. The summed E-state index contributed by atoms with van der Waals surface area (Å²) in [4.78, 5) is 18.7. The molecule has 4 aliphatic rings. The van der Waals surface area contributed by atoms with E-state index in [1.54, 1.807) is 12.1 Å². The molecule has 6 rings (SSSR count). The molecular weight excluding hydrogens is 658 g/mol. The van der Waals surface area contributed by atoms with Gasteiger partial charge in [-0.2, -0.15) is 0 Å². The quantitative estimate of drug-likeness (QED) is 0.184. The average Bonchev–Trinajstić information content (AvgIpc) is 3.57. The molecule has 1 aliphatic carbocycles. The zero-order chi connectivity index (χ0) is 29.5. The predicted molar refractivity (Wildman–Crippen MR) is 167 cm³/mol. The van der Waals surface area contributed by atoms with E-state index in [-0.39, 0.29) is 17.2 Å². The summed E-state index contributed by atoms with van der Waals surface area (Å²) in [6, 6.07) is 4.13. The van der Waals surface area contributed by atoms with E-state index in [4.69, 9.17) is 4.74 Å². The Kier molecular flexibility index (Phi) is 8.72. The maximum atomic E-state index is 13.5. The molecule has 0 bridgehead atoms. The molecule has 1 saturated carbocycles. The molecule has 6 nitrogen and oxygen atoms in total. The van der Waals surface area contributed by atoms with Gasteiger partial charge in [0.25, 0.3) is 0 Å². The number of nitrogens with zero attached hydrogens (tertiary/aromatic N) is 1. The first-order valence-electron chi connectivity index (χ1n) is 15.4. The van der Waals surface area contributed by atoms with E-state index in [0.29, 0.717) is 23.7 Å². The van der Waals surface area contributed by atoms with Gasteiger partial charge in [0, 0.05) is 0 Å². The van der Waals surface area contributed by atoms with Crippen molar-refractivity contribution in [2.75, 3.05) is 43.8 Å². The number of halogens is 4. The molecule has 3 aliphatic heterocycles. The van der Waals surface area contributed by atoms with Gasteiger partial charge >= 0.3 is 223 Å². The summed E-state index contributed by atoms with van der Waals surface area (Å²) in [6.07, 6.45) is 5.63. The second kappa shape index (κ2) is 12.0. The number of fused-ring (bicyclic) bond motifs is 4. The van der Waals surface area contributed by atoms with Gasteiger partial charge in [-0.05, 0) is 12.8 Å². The standard InChI is InChI=1S/C32H43F3IN3O3/c1-22-25-20-39(15-13-36(25)19-27-29(22)24-18-23(32(33,34)35)4-5-26(24)38-27)14-10-30(11-16-42-17-12-30)9-6-28(40)37-21-31(41)7-2-3-8-31/h4-6,9,18,22,25,38,41H,2-3,7-8,10-17,19-21H2,1H3,(H,37,40)/b9-6+/t22-,25?/m1/s1. The molecular formula is C32H43F3IN3O3. The van der Waals surface area contributed by atoms with Crippen molar-refractivity contribution in [3.8, 4) is 0 Å². The first-order valence-corrected chi connectivity index (χ1v) is 19.7. The van der Waals surface area contributed by atoms with Crippen molar-refractivity contribution in [1.82, 2.24) is 15.2 Å². The van der Waals surface area contributed by atoms with E-state index in [9.17, 15) is 23.1 Å². The number of hydrogen-bond acceptors (Lipinski definition) is 4. The fraction of sp³-hybridized carbons (Fsp3) is 0.656. The topological polar surface area (TPSA) is 77.6 Å². The van der Waals surface area contributed by atoms with E-state index < -0.39 is 37.2 Å². The van der Waals surface area contributed by atoms with E-state index in [1.807, 2.05) is 0 Å². The minimum atomic E-state index is -4.34. The number of amides is 1. The Labute approximate surface area is 253 Å². The Hall–Kier alpha value is -1.63. The molecule has 1 amide bonds. The van der Waals surface area contributed by atoms with Gasteiger partial charge in [-0.15, -0.1) is 0 Å². The normalized spacial score (nSPS) is 26.8. The second-order valence-electron chi connectivity index (χ2n) is 12.9. The number of aliphatic hydroxyl groups is 1. The van der Waals surface area contributed by atoms with Crippen molar-refractivity contribution in [3.63, 3.8) is 0 Å². The molecule has 10 heteroatoms. The van der Waals surface area contributed by atoms with Crippen molar-refractivity contribution in [2.45, 2.75) is 77.9 Å². The number of alkyl halides is 6. The molecule has 4 heterocycles. The number of nitrogens with one attached hydrogen (secondary N) is 2. The molecule has 2 saturated heterocycles. The van der Waals surface area contributed by atoms with E-state index in [1.165, 1.54) is 22.3 Å². The van der Waals surface area contributed by atoms with Crippen LogP contribution in [0.3, 0.4) is 0 Å². The Bertz CT molecular complexity index is 1310. The van der Waals surface area contributed by atoms with Gasteiger partial charge in [-0.3, -0.25) is 0 Å². The summed E-state index contributed by atoms with van der Waals surface area (Å²) in [5, 5.41) is 14.2. The summed E-state index contributed by atoms with van der Waals surface area (Å²) in [6.45, 7) is 6.94. The van der Waals surface area contributed by atoms with Crippen LogP contribution in [-0.4, -0.2) is 74.2 Å². The molecule has 1 unspecified atom stereocenters. The third-order valence-electron chi connectivity index (χ3n) is 10.2. The molecule has 2 aromatic rings. The van der Waals surface area contributed by atoms with Crippen molar-refractivity contribution >= 4 is 36.6 Å². The number of carbonyl (C=O) groups excluding carboxylic acids is 1. The van der Waals surface area contributed by atoms with Crippen LogP contribution in [0.15, 0.2) is 30.4 Å². The van der Waals surface area contributed by atoms with Gasteiger partial charge in [0.2, 0.25) is 0 Å². The Morgan fingerprint density at radius 1 is 1.24 bits per heavy atom. The van der Waals surface area contributed by atoms with Crippen LogP contribution in [0.5, 0.6) is 0 Å². The van der Waals surface area contributed by atoms with Crippen LogP contribution in [0.4, 0.5) is 13.2 Å². The first kappa shape index (κ1) is 30.4. The van der Waals surface area contributed by atoms with Gasteiger partial charge in [0.15, 0.2) is 0 Å². The number of hydrogen-bond donors (Lipinski definition) is 3. The average molecular weight is 702 g/mol. The van der Waals surface area contributed by atoms with Crippen LogP contribution in [0.1, 0.15) is 74.6 Å². The van der Waals surface area contributed by atoms with Crippen LogP contribution >= 0.6 is 19.8 Å². The molecule has 232 valence electrons. The summed E-state index contributed by atoms with van der Waals surface area (Å²) in [7, 11) is 0. The third kappa shape index (κ3) is 6.42. The van der Waals surface area contributed by atoms with Gasteiger partial charge < -0.3 is 5.11 Å². The van der Waals surface area contributed by atoms with Crippen molar-refractivity contribution in [3.05, 3.63) is 47.2 Å². The maximum absolute atomic E-state index is 13.5. The number of allylic oxidation sites excluding steroid dienone is 1. The Morgan fingerprint density at radius 3 is 2.74 bits per heavy atom. The van der Waals surface area contributed by atoms with E-state index in [0.717, 1.165) is 85.5 Å². The molecule has 42 heavy (non-hydrogen) atoms. The fourth-order valence-electron chi connectivity index (χ4n) is 7.45. The van der Waals surface area contributed by atoms with Gasteiger partial charge in [0.1, 0.15) is 0 Å². The number of aromatic amines is 1. The minimum absolute atomic E-state index is 0.0915. The number of benzene rings is 1. The van der Waals surface area contributed by atoms with Crippen LogP contribution in [0.25, 0.3) is 10.9 Å². The van der Waals surface area contributed by atoms with Crippen molar-refractivity contribution in [2.24, 2.45) is 5.41 Å². The van der Waals surface area contributed by atoms with Gasteiger partial charge in [-0.1, -0.05) is 12.8 Å². The monoisotopic (exact) mass is 701 g/mol. The van der Waals surface area contributed by atoms with Crippen LogP contribution in [0.2, 0.25) is 0 Å². The Balaban J connectivity index is 1.11. The van der Waals surface area contributed by atoms with Crippen LogP contribution in [0, 0.1) is 5.41 Å². The number of H-pyrrole nitrogens is 1. The number of rotatable bonds is 7. The number of carbonyl (C=O) groups is 1. The van der Waals surface area contributed by atoms with Crippen molar-refractivity contribution < 1.29 is 27.8 Å². The summed E-state index contributed by atoms with van der Waals surface area (Å²) in [5.74, 6) is 0.0994. The molecule has 0 radical (unpaired) electrons. The van der Waals surface area contributed by atoms with Gasteiger partial charge in [0.05, 0.1) is 0 Å². The SMILES string of the molecule is C[C@H]1c2c([nH]c3ccc(C(F)(F)F)cc23)CI2CCN(CCC3(/C=C/C(=O)NCC4(O)CCCC4)CCOCC3)CC12. The summed E-state index contributed by atoms with van der Waals surface area (Å²) in [5.41, 5.74) is 1.67. The molecule has 2 atom stereocenters. The molecule has 3 N–H and O–H groups in total. The third-order valence-corrected chi connectivity index (χ3v) is 17.5.